The molecule has 1 N–H and O–H groups in total. The predicted molar refractivity (Wildman–Crippen MR) is 67.3 cm³/mol. The van der Waals surface area contributed by atoms with E-state index in [1.807, 2.05) is 0 Å². The van der Waals surface area contributed by atoms with E-state index in [-0.39, 0.29) is 9.90 Å². The molecule has 0 atom stereocenters. The highest BCUT2D eigenvalue weighted by Gasteiger charge is 2.11. The number of rotatable bonds is 3. The van der Waals surface area contributed by atoms with Crippen molar-refractivity contribution in [1.82, 2.24) is 4.98 Å². The quantitative estimate of drug-likeness (QED) is 0.925. The summed E-state index contributed by atoms with van der Waals surface area (Å²) in [6, 6.07) is 2.82. The molecule has 7 heteroatoms. The molecule has 0 fully saturated rings. The van der Waals surface area contributed by atoms with E-state index >= 15 is 0 Å². The number of carbonyl (C=O) groups is 1. The maximum Gasteiger partial charge on any atom is 0.345 e. The third kappa shape index (κ3) is 3.05. The molecular formula is C10H5BrFNO2S2. The first kappa shape index (κ1) is 12.5. The number of hydrogen-bond donors (Lipinski definition) is 1. The molecule has 17 heavy (non-hydrogen) atoms. The molecule has 3 nitrogen and oxygen atoms in total. The number of aromatic carboxylic acids is 1. The molecule has 0 aliphatic carbocycles. The van der Waals surface area contributed by atoms with Crippen LogP contribution in [0.5, 0.6) is 0 Å². The van der Waals surface area contributed by atoms with Crippen LogP contribution in [0.15, 0.2) is 38.1 Å². The highest BCUT2D eigenvalue weighted by molar-refractivity contribution is 9.10. The third-order valence-corrected chi connectivity index (χ3v) is 4.24. The van der Waals surface area contributed by atoms with Gasteiger partial charge in [0.15, 0.2) is 5.82 Å². The molecule has 2 aromatic rings. The van der Waals surface area contributed by atoms with Crippen LogP contribution in [-0.2, 0) is 0 Å². The van der Waals surface area contributed by atoms with E-state index in [4.69, 9.17) is 5.11 Å². The van der Waals surface area contributed by atoms with Gasteiger partial charge >= 0.3 is 5.97 Å². The Bertz CT molecular complexity index is 573. The lowest BCUT2D eigenvalue weighted by atomic mass is 10.5. The molecule has 0 saturated carbocycles. The highest BCUT2D eigenvalue weighted by atomic mass is 79.9. The Morgan fingerprint density at radius 3 is 2.88 bits per heavy atom. The zero-order valence-electron chi connectivity index (χ0n) is 8.18. The second-order valence-electron chi connectivity index (χ2n) is 2.99. The molecular weight excluding hydrogens is 329 g/mol. The van der Waals surface area contributed by atoms with Crippen molar-refractivity contribution in [3.05, 3.63) is 38.9 Å². The maximum atomic E-state index is 13.5. The Hall–Kier alpha value is -0.920. The molecule has 2 rings (SSSR count). The Balaban J connectivity index is 2.22. The van der Waals surface area contributed by atoms with E-state index in [2.05, 4.69) is 20.9 Å². The van der Waals surface area contributed by atoms with Gasteiger partial charge in [0.05, 0.1) is 0 Å². The predicted octanol–water partition coefficient (Wildman–Crippen LogP) is 3.89. The number of nitrogens with zero attached hydrogens (tertiary/aromatic N) is 1. The Morgan fingerprint density at radius 2 is 2.29 bits per heavy atom. The van der Waals surface area contributed by atoms with E-state index in [0.29, 0.717) is 9.37 Å². The average Bonchev–Trinajstić information content (AvgIpc) is 2.71. The fraction of sp³-hybridized carbons (Fsp3) is 0. The van der Waals surface area contributed by atoms with Gasteiger partial charge in [0.25, 0.3) is 0 Å². The Morgan fingerprint density at radius 1 is 1.53 bits per heavy atom. The van der Waals surface area contributed by atoms with Gasteiger partial charge < -0.3 is 5.11 Å². The van der Waals surface area contributed by atoms with E-state index in [0.717, 1.165) is 23.1 Å². The van der Waals surface area contributed by atoms with Crippen LogP contribution in [0.1, 0.15) is 9.67 Å². The van der Waals surface area contributed by atoms with Gasteiger partial charge in [-0.2, -0.15) is 0 Å². The van der Waals surface area contributed by atoms with Crippen molar-refractivity contribution >= 4 is 45.0 Å². The molecule has 0 spiro atoms. The van der Waals surface area contributed by atoms with Crippen LogP contribution in [-0.4, -0.2) is 16.1 Å². The van der Waals surface area contributed by atoms with Crippen molar-refractivity contribution in [2.75, 3.05) is 0 Å². The lowest BCUT2D eigenvalue weighted by Gasteiger charge is -1.99. The number of carboxylic acid groups (broad SMARTS) is 1. The molecule has 0 amide bonds. The Kier molecular flexibility index (Phi) is 3.80. The first-order valence-corrected chi connectivity index (χ1v) is 6.86. The summed E-state index contributed by atoms with van der Waals surface area (Å²) in [5, 5.41) is 10.6. The topological polar surface area (TPSA) is 50.2 Å². The van der Waals surface area contributed by atoms with Crippen LogP contribution in [0.3, 0.4) is 0 Å². The van der Waals surface area contributed by atoms with Crippen LogP contribution in [0.2, 0.25) is 0 Å². The highest BCUT2D eigenvalue weighted by Crippen LogP contribution is 2.32. The van der Waals surface area contributed by atoms with Crippen LogP contribution in [0.25, 0.3) is 0 Å². The SMILES string of the molecule is O=C(O)c1cc(Sc2ncc(Br)cc2F)cs1. The van der Waals surface area contributed by atoms with Crippen LogP contribution < -0.4 is 0 Å². The van der Waals surface area contributed by atoms with Crippen LogP contribution in [0, 0.1) is 5.82 Å². The summed E-state index contributed by atoms with van der Waals surface area (Å²) in [5.74, 6) is -1.42. The number of aromatic nitrogens is 1. The summed E-state index contributed by atoms with van der Waals surface area (Å²) >= 11 is 5.32. The van der Waals surface area contributed by atoms with E-state index in [9.17, 15) is 9.18 Å². The van der Waals surface area contributed by atoms with Crippen molar-refractivity contribution < 1.29 is 14.3 Å². The third-order valence-electron chi connectivity index (χ3n) is 1.77. The number of hydrogen-bond acceptors (Lipinski definition) is 4. The first-order valence-electron chi connectivity index (χ1n) is 4.37. The smallest absolute Gasteiger partial charge is 0.345 e. The molecule has 0 aliphatic rings. The largest absolute Gasteiger partial charge is 0.477 e. The first-order chi connectivity index (χ1) is 8.06. The summed E-state index contributed by atoms with van der Waals surface area (Å²) in [6.07, 6.45) is 1.50. The molecule has 0 saturated heterocycles. The minimum atomic E-state index is -0.980. The van der Waals surface area contributed by atoms with Crippen molar-refractivity contribution in [2.45, 2.75) is 9.92 Å². The molecule has 2 aromatic heterocycles. The number of carboxylic acids is 1. The van der Waals surface area contributed by atoms with Gasteiger partial charge in [-0.15, -0.1) is 11.3 Å². The van der Waals surface area contributed by atoms with Crippen molar-refractivity contribution in [3.63, 3.8) is 0 Å². The minimum absolute atomic E-state index is 0.225. The van der Waals surface area contributed by atoms with Gasteiger partial charge in [0.1, 0.15) is 9.90 Å². The molecule has 0 aliphatic heterocycles. The minimum Gasteiger partial charge on any atom is -0.477 e. The summed E-state index contributed by atoms with van der Waals surface area (Å²) in [5.41, 5.74) is 0. The van der Waals surface area contributed by atoms with Gasteiger partial charge in [0, 0.05) is 20.9 Å². The maximum absolute atomic E-state index is 13.5. The van der Waals surface area contributed by atoms with E-state index < -0.39 is 11.8 Å². The fourth-order valence-corrected chi connectivity index (χ4v) is 3.06. The van der Waals surface area contributed by atoms with E-state index in [1.54, 1.807) is 5.38 Å². The summed E-state index contributed by atoms with van der Waals surface area (Å²) in [6.45, 7) is 0. The molecule has 0 unspecified atom stereocenters. The summed E-state index contributed by atoms with van der Waals surface area (Å²) in [7, 11) is 0. The number of pyridine rings is 1. The van der Waals surface area contributed by atoms with Gasteiger partial charge in [-0.25, -0.2) is 14.2 Å². The van der Waals surface area contributed by atoms with Gasteiger partial charge in [-0.3, -0.25) is 0 Å². The standard InChI is InChI=1S/C10H5BrFNO2S2/c11-5-1-7(12)9(13-3-5)17-6-2-8(10(14)15)16-4-6/h1-4H,(H,14,15). The number of halogens is 2. The second kappa shape index (κ2) is 5.16. The molecule has 2 heterocycles. The summed E-state index contributed by atoms with van der Waals surface area (Å²) in [4.78, 5) is 15.5. The molecule has 0 aromatic carbocycles. The molecule has 0 bridgehead atoms. The van der Waals surface area contributed by atoms with E-state index in [1.165, 1.54) is 18.3 Å². The van der Waals surface area contributed by atoms with Crippen LogP contribution >= 0.6 is 39.0 Å². The zero-order chi connectivity index (χ0) is 12.4. The summed E-state index contributed by atoms with van der Waals surface area (Å²) < 4.78 is 14.0. The monoisotopic (exact) mass is 333 g/mol. The van der Waals surface area contributed by atoms with Gasteiger partial charge in [0.2, 0.25) is 0 Å². The van der Waals surface area contributed by atoms with Crippen LogP contribution in [0.4, 0.5) is 4.39 Å². The van der Waals surface area contributed by atoms with Gasteiger partial charge in [-0.1, -0.05) is 11.8 Å². The molecule has 88 valence electrons. The fourth-order valence-electron chi connectivity index (χ4n) is 1.07. The van der Waals surface area contributed by atoms with Crippen molar-refractivity contribution in [1.29, 1.82) is 0 Å². The number of thiophene rings is 1. The lowest BCUT2D eigenvalue weighted by molar-refractivity contribution is 0.0702. The Labute approximate surface area is 113 Å². The average molecular weight is 334 g/mol. The molecule has 0 radical (unpaired) electrons. The second-order valence-corrected chi connectivity index (χ2v) is 5.88. The van der Waals surface area contributed by atoms with Crippen molar-refractivity contribution in [2.24, 2.45) is 0 Å². The van der Waals surface area contributed by atoms with Crippen molar-refractivity contribution in [3.8, 4) is 0 Å². The zero-order valence-corrected chi connectivity index (χ0v) is 11.4. The normalized spacial score (nSPS) is 10.5. The van der Waals surface area contributed by atoms with Gasteiger partial charge in [-0.05, 0) is 28.1 Å². The lowest BCUT2D eigenvalue weighted by Crippen LogP contribution is -1.90.